The summed E-state index contributed by atoms with van der Waals surface area (Å²) in [5.74, 6) is -0.0811. The van der Waals surface area contributed by atoms with E-state index in [0.29, 0.717) is 12.1 Å². The molecular formula is C17H24N2O2. The average molecular weight is 288 g/mol. The van der Waals surface area contributed by atoms with E-state index in [1.165, 1.54) is 18.4 Å². The second-order valence-corrected chi connectivity index (χ2v) is 6.37. The Kier molecular flexibility index (Phi) is 4.15. The fourth-order valence-electron chi connectivity index (χ4n) is 3.36. The highest BCUT2D eigenvalue weighted by molar-refractivity contribution is 5.95. The summed E-state index contributed by atoms with van der Waals surface area (Å²) in [6.07, 6.45) is 7.04. The van der Waals surface area contributed by atoms with Crippen molar-refractivity contribution in [1.82, 2.24) is 5.32 Å². The maximum atomic E-state index is 12.3. The van der Waals surface area contributed by atoms with Crippen LogP contribution < -0.4 is 10.6 Å². The average Bonchev–Trinajstić information content (AvgIpc) is 2.85. The zero-order chi connectivity index (χ0) is 14.7. The van der Waals surface area contributed by atoms with E-state index in [9.17, 15) is 9.90 Å². The molecule has 1 amide bonds. The molecule has 0 bridgehead atoms. The number of hydrogen-bond acceptors (Lipinski definition) is 3. The Morgan fingerprint density at radius 2 is 2.00 bits per heavy atom. The molecule has 2 aliphatic rings. The summed E-state index contributed by atoms with van der Waals surface area (Å²) in [4.78, 5) is 12.3. The number of fused-ring (bicyclic) bond motifs is 1. The van der Waals surface area contributed by atoms with Gasteiger partial charge in [0.05, 0.1) is 5.60 Å². The molecule has 0 radical (unpaired) electrons. The molecule has 0 saturated heterocycles. The largest absolute Gasteiger partial charge is 0.388 e. The van der Waals surface area contributed by atoms with Crippen LogP contribution in [0.4, 0.5) is 5.69 Å². The molecule has 1 aliphatic carbocycles. The summed E-state index contributed by atoms with van der Waals surface area (Å²) >= 11 is 0. The molecule has 1 aliphatic heterocycles. The number of amides is 1. The van der Waals surface area contributed by atoms with Crippen LogP contribution in [0.5, 0.6) is 0 Å². The lowest BCUT2D eigenvalue weighted by Crippen LogP contribution is -2.42. The lowest BCUT2D eigenvalue weighted by atomic mass is 9.94. The van der Waals surface area contributed by atoms with Crippen LogP contribution in [-0.4, -0.2) is 29.7 Å². The van der Waals surface area contributed by atoms with Crippen LogP contribution in [-0.2, 0) is 6.42 Å². The second-order valence-electron chi connectivity index (χ2n) is 6.37. The fourth-order valence-corrected chi connectivity index (χ4v) is 3.36. The molecule has 3 rings (SSSR count). The zero-order valence-electron chi connectivity index (χ0n) is 12.5. The smallest absolute Gasteiger partial charge is 0.251 e. The fraction of sp³-hybridized carbons (Fsp3) is 0.588. The number of hydrogen-bond donors (Lipinski definition) is 3. The van der Waals surface area contributed by atoms with Crippen LogP contribution in [0.3, 0.4) is 0 Å². The van der Waals surface area contributed by atoms with Gasteiger partial charge in [0, 0.05) is 24.3 Å². The third-order valence-corrected chi connectivity index (χ3v) is 4.69. The van der Waals surface area contributed by atoms with Gasteiger partial charge in [-0.3, -0.25) is 4.79 Å². The quantitative estimate of drug-likeness (QED) is 0.749. The number of anilines is 1. The van der Waals surface area contributed by atoms with Crippen LogP contribution in [0.15, 0.2) is 18.2 Å². The number of benzene rings is 1. The van der Waals surface area contributed by atoms with Crippen molar-refractivity contribution in [1.29, 1.82) is 0 Å². The van der Waals surface area contributed by atoms with Gasteiger partial charge < -0.3 is 15.7 Å². The van der Waals surface area contributed by atoms with Crippen molar-refractivity contribution < 1.29 is 9.90 Å². The Labute approximate surface area is 125 Å². The van der Waals surface area contributed by atoms with Crippen molar-refractivity contribution >= 4 is 11.6 Å². The summed E-state index contributed by atoms with van der Waals surface area (Å²) in [6.45, 7) is 1.31. The lowest BCUT2D eigenvalue weighted by Gasteiger charge is -2.26. The van der Waals surface area contributed by atoms with Crippen molar-refractivity contribution in [3.8, 4) is 0 Å². The first-order chi connectivity index (χ1) is 10.2. The van der Waals surface area contributed by atoms with Crippen LogP contribution in [0.2, 0.25) is 0 Å². The molecular weight excluding hydrogens is 264 g/mol. The summed E-state index contributed by atoms with van der Waals surface area (Å²) in [5, 5.41) is 16.8. The molecule has 0 aromatic heterocycles. The third kappa shape index (κ3) is 3.38. The van der Waals surface area contributed by atoms with Gasteiger partial charge in [-0.25, -0.2) is 0 Å². The van der Waals surface area contributed by atoms with Crippen molar-refractivity contribution in [2.75, 3.05) is 18.4 Å². The van der Waals surface area contributed by atoms with E-state index in [-0.39, 0.29) is 5.91 Å². The zero-order valence-corrected chi connectivity index (χ0v) is 12.5. The molecule has 114 valence electrons. The maximum absolute atomic E-state index is 12.3. The second kappa shape index (κ2) is 6.06. The third-order valence-electron chi connectivity index (χ3n) is 4.69. The van der Waals surface area contributed by atoms with Crippen LogP contribution in [0.1, 0.15) is 54.4 Å². The van der Waals surface area contributed by atoms with Crippen LogP contribution in [0.25, 0.3) is 0 Å². The van der Waals surface area contributed by atoms with E-state index in [4.69, 9.17) is 0 Å². The number of aliphatic hydroxyl groups is 1. The molecule has 0 unspecified atom stereocenters. The van der Waals surface area contributed by atoms with E-state index in [2.05, 4.69) is 10.6 Å². The van der Waals surface area contributed by atoms with E-state index in [1.54, 1.807) is 0 Å². The Bertz CT molecular complexity index is 520. The van der Waals surface area contributed by atoms with Gasteiger partial charge in [0.2, 0.25) is 0 Å². The predicted octanol–water partition coefficient (Wildman–Crippen LogP) is 2.47. The van der Waals surface area contributed by atoms with Gasteiger partial charge in [0.15, 0.2) is 0 Å². The Balaban J connectivity index is 1.61. The van der Waals surface area contributed by atoms with Gasteiger partial charge in [0.1, 0.15) is 0 Å². The number of rotatable bonds is 3. The normalized spacial score (nSPS) is 20.2. The summed E-state index contributed by atoms with van der Waals surface area (Å²) in [7, 11) is 0. The minimum atomic E-state index is -0.718. The summed E-state index contributed by atoms with van der Waals surface area (Å²) < 4.78 is 0. The van der Waals surface area contributed by atoms with Crippen LogP contribution >= 0.6 is 0 Å². The van der Waals surface area contributed by atoms with Gasteiger partial charge in [-0.15, -0.1) is 0 Å². The molecule has 3 N–H and O–H groups in total. The van der Waals surface area contributed by atoms with Crippen molar-refractivity contribution in [3.63, 3.8) is 0 Å². The minimum absolute atomic E-state index is 0.0811. The summed E-state index contributed by atoms with van der Waals surface area (Å²) in [6, 6.07) is 5.78. The van der Waals surface area contributed by atoms with Gasteiger partial charge in [-0.05, 0) is 43.0 Å². The van der Waals surface area contributed by atoms with Gasteiger partial charge in [-0.2, -0.15) is 0 Å². The van der Waals surface area contributed by atoms with Gasteiger partial charge in [0.25, 0.3) is 5.91 Å². The Morgan fingerprint density at radius 3 is 2.76 bits per heavy atom. The SMILES string of the molecule is O=C(NCC1(O)CCCCCC1)c1ccc2c(c1)CCN2. The Hall–Kier alpha value is -1.55. The summed E-state index contributed by atoms with van der Waals surface area (Å²) in [5.41, 5.74) is 2.31. The molecule has 1 aromatic carbocycles. The number of nitrogens with one attached hydrogen (secondary N) is 2. The molecule has 1 fully saturated rings. The highest BCUT2D eigenvalue weighted by atomic mass is 16.3. The monoisotopic (exact) mass is 288 g/mol. The van der Waals surface area contributed by atoms with E-state index < -0.39 is 5.60 Å². The number of carbonyl (C=O) groups excluding carboxylic acids is 1. The molecule has 4 heteroatoms. The first kappa shape index (κ1) is 14.4. The topological polar surface area (TPSA) is 61.4 Å². The van der Waals surface area contributed by atoms with Crippen molar-refractivity contribution in [2.45, 2.75) is 50.5 Å². The van der Waals surface area contributed by atoms with E-state index in [0.717, 1.165) is 44.3 Å². The molecule has 0 spiro atoms. The number of carbonyl (C=O) groups is 1. The highest BCUT2D eigenvalue weighted by Gasteiger charge is 2.28. The van der Waals surface area contributed by atoms with Crippen molar-refractivity contribution in [2.24, 2.45) is 0 Å². The molecule has 0 atom stereocenters. The minimum Gasteiger partial charge on any atom is -0.388 e. The predicted molar refractivity (Wildman–Crippen MR) is 83.6 cm³/mol. The van der Waals surface area contributed by atoms with Crippen molar-refractivity contribution in [3.05, 3.63) is 29.3 Å². The molecule has 4 nitrogen and oxygen atoms in total. The molecule has 1 aromatic rings. The Morgan fingerprint density at radius 1 is 1.24 bits per heavy atom. The first-order valence-corrected chi connectivity index (χ1v) is 8.04. The standard InChI is InChI=1S/C17H24N2O2/c20-16(14-5-6-15-13(11-14)7-10-18-15)19-12-17(21)8-3-1-2-4-9-17/h5-6,11,18,21H,1-4,7-10,12H2,(H,19,20). The molecule has 1 heterocycles. The first-order valence-electron chi connectivity index (χ1n) is 8.04. The van der Waals surface area contributed by atoms with Gasteiger partial charge >= 0.3 is 0 Å². The van der Waals surface area contributed by atoms with E-state index >= 15 is 0 Å². The van der Waals surface area contributed by atoms with E-state index in [1.807, 2.05) is 18.2 Å². The maximum Gasteiger partial charge on any atom is 0.251 e. The molecule has 1 saturated carbocycles. The lowest BCUT2D eigenvalue weighted by molar-refractivity contribution is 0.0246. The highest BCUT2D eigenvalue weighted by Crippen LogP contribution is 2.27. The van der Waals surface area contributed by atoms with Gasteiger partial charge in [-0.1, -0.05) is 25.7 Å². The van der Waals surface area contributed by atoms with Crippen LogP contribution in [0, 0.1) is 0 Å². The molecule has 21 heavy (non-hydrogen) atoms.